The van der Waals surface area contributed by atoms with Crippen LogP contribution in [0, 0.1) is 0 Å². The summed E-state index contributed by atoms with van der Waals surface area (Å²) in [5, 5.41) is 0. The van der Waals surface area contributed by atoms with Crippen LogP contribution in [0.2, 0.25) is 0 Å². The average Bonchev–Trinajstić information content (AvgIpc) is 2.06. The minimum atomic E-state index is 0.610. The molecule has 1 heteroatoms. The van der Waals surface area contributed by atoms with Gasteiger partial charge >= 0.3 is 0 Å². The van der Waals surface area contributed by atoms with Crippen molar-refractivity contribution in [2.24, 2.45) is 0 Å². The van der Waals surface area contributed by atoms with Crippen molar-refractivity contribution in [3.63, 3.8) is 0 Å². The highest BCUT2D eigenvalue weighted by Crippen LogP contribution is 2.06. The summed E-state index contributed by atoms with van der Waals surface area (Å²) in [5.41, 5.74) is 2.67. The smallest absolute Gasteiger partial charge is 0.0406 e. The Morgan fingerprint density at radius 3 is 2.58 bits per heavy atom. The standard InChI is InChI=1S/C11H13Cl/c1-10(7-8-12)9-11-5-3-2-4-6-11/h2-7H,8-9H2,1H3. The highest BCUT2D eigenvalue weighted by Gasteiger charge is 1.91. The zero-order valence-electron chi connectivity index (χ0n) is 7.26. The maximum atomic E-state index is 5.59. The molecule has 0 amide bonds. The molecule has 0 aliphatic carbocycles. The van der Waals surface area contributed by atoms with E-state index in [1.807, 2.05) is 6.07 Å². The first-order valence-electron chi connectivity index (χ1n) is 4.08. The lowest BCUT2D eigenvalue weighted by Gasteiger charge is -1.99. The predicted octanol–water partition coefficient (Wildman–Crippen LogP) is 3.41. The summed E-state index contributed by atoms with van der Waals surface area (Å²) in [7, 11) is 0. The molecule has 0 N–H and O–H groups in total. The lowest BCUT2D eigenvalue weighted by atomic mass is 10.1. The van der Waals surface area contributed by atoms with E-state index < -0.39 is 0 Å². The number of hydrogen-bond donors (Lipinski definition) is 0. The van der Waals surface area contributed by atoms with Crippen molar-refractivity contribution in [1.29, 1.82) is 0 Å². The second-order valence-corrected chi connectivity index (χ2v) is 3.18. The summed E-state index contributed by atoms with van der Waals surface area (Å²) in [6, 6.07) is 10.4. The topological polar surface area (TPSA) is 0 Å². The van der Waals surface area contributed by atoms with Crippen LogP contribution < -0.4 is 0 Å². The zero-order chi connectivity index (χ0) is 8.81. The molecule has 0 radical (unpaired) electrons. The number of alkyl halides is 1. The van der Waals surface area contributed by atoms with Gasteiger partial charge in [0.25, 0.3) is 0 Å². The van der Waals surface area contributed by atoms with Crippen LogP contribution in [0.4, 0.5) is 0 Å². The number of benzene rings is 1. The molecule has 0 atom stereocenters. The van der Waals surface area contributed by atoms with Crippen LogP contribution in [-0.4, -0.2) is 5.88 Å². The van der Waals surface area contributed by atoms with Gasteiger partial charge < -0.3 is 0 Å². The fraction of sp³-hybridized carbons (Fsp3) is 0.273. The molecule has 0 bridgehead atoms. The first kappa shape index (κ1) is 9.34. The monoisotopic (exact) mass is 180 g/mol. The third kappa shape index (κ3) is 3.10. The first-order chi connectivity index (χ1) is 5.83. The van der Waals surface area contributed by atoms with Gasteiger partial charge in [0, 0.05) is 5.88 Å². The van der Waals surface area contributed by atoms with Crippen molar-refractivity contribution >= 4 is 11.6 Å². The van der Waals surface area contributed by atoms with Gasteiger partial charge in [-0.3, -0.25) is 0 Å². The molecule has 1 aromatic carbocycles. The lowest BCUT2D eigenvalue weighted by Crippen LogP contribution is -1.86. The fourth-order valence-corrected chi connectivity index (χ4v) is 1.39. The highest BCUT2D eigenvalue weighted by molar-refractivity contribution is 6.18. The van der Waals surface area contributed by atoms with Crippen molar-refractivity contribution in [2.75, 3.05) is 5.88 Å². The lowest BCUT2D eigenvalue weighted by molar-refractivity contribution is 1.14. The molecular weight excluding hydrogens is 168 g/mol. The van der Waals surface area contributed by atoms with Crippen molar-refractivity contribution < 1.29 is 0 Å². The van der Waals surface area contributed by atoms with E-state index in [-0.39, 0.29) is 0 Å². The molecule has 12 heavy (non-hydrogen) atoms. The summed E-state index contributed by atoms with van der Waals surface area (Å²) < 4.78 is 0. The second-order valence-electron chi connectivity index (χ2n) is 2.87. The van der Waals surface area contributed by atoms with Crippen LogP contribution in [0.25, 0.3) is 0 Å². The molecular formula is C11H13Cl. The number of halogens is 1. The van der Waals surface area contributed by atoms with E-state index in [9.17, 15) is 0 Å². The van der Waals surface area contributed by atoms with E-state index in [2.05, 4.69) is 37.3 Å². The maximum absolute atomic E-state index is 5.59. The molecule has 0 aliphatic rings. The van der Waals surface area contributed by atoms with Gasteiger partial charge in [0.05, 0.1) is 0 Å². The van der Waals surface area contributed by atoms with E-state index in [1.165, 1.54) is 11.1 Å². The van der Waals surface area contributed by atoms with Gasteiger partial charge in [-0.1, -0.05) is 42.0 Å². The van der Waals surface area contributed by atoms with Gasteiger partial charge in [0.1, 0.15) is 0 Å². The molecule has 0 aliphatic heterocycles. The largest absolute Gasteiger partial charge is 0.122 e. The van der Waals surface area contributed by atoms with Gasteiger partial charge in [-0.15, -0.1) is 11.6 Å². The Kier molecular flexibility index (Phi) is 3.89. The van der Waals surface area contributed by atoms with Crippen molar-refractivity contribution in [3.8, 4) is 0 Å². The summed E-state index contributed by atoms with van der Waals surface area (Å²) in [6.07, 6.45) is 3.06. The summed E-state index contributed by atoms with van der Waals surface area (Å²) >= 11 is 5.59. The summed E-state index contributed by atoms with van der Waals surface area (Å²) in [5.74, 6) is 0.610. The minimum Gasteiger partial charge on any atom is -0.122 e. The zero-order valence-corrected chi connectivity index (χ0v) is 8.01. The fourth-order valence-electron chi connectivity index (χ4n) is 1.12. The van der Waals surface area contributed by atoms with Gasteiger partial charge in [-0.2, -0.15) is 0 Å². The number of rotatable bonds is 3. The highest BCUT2D eigenvalue weighted by atomic mass is 35.5. The summed E-state index contributed by atoms with van der Waals surface area (Å²) in [6.45, 7) is 2.11. The van der Waals surface area contributed by atoms with Gasteiger partial charge in [0.15, 0.2) is 0 Å². The normalized spacial score (nSPS) is 11.7. The molecule has 64 valence electrons. The Balaban J connectivity index is 2.58. The van der Waals surface area contributed by atoms with E-state index in [0.717, 1.165) is 6.42 Å². The van der Waals surface area contributed by atoms with E-state index >= 15 is 0 Å². The molecule has 0 spiro atoms. The molecule has 0 nitrogen and oxygen atoms in total. The molecule has 0 aromatic heterocycles. The van der Waals surface area contributed by atoms with Crippen LogP contribution in [0.15, 0.2) is 42.0 Å². The molecule has 0 heterocycles. The maximum Gasteiger partial charge on any atom is 0.0406 e. The molecule has 1 aromatic rings. The van der Waals surface area contributed by atoms with Gasteiger partial charge in [0.2, 0.25) is 0 Å². The minimum absolute atomic E-state index is 0.610. The first-order valence-corrected chi connectivity index (χ1v) is 4.62. The van der Waals surface area contributed by atoms with Crippen molar-refractivity contribution in [2.45, 2.75) is 13.3 Å². The number of hydrogen-bond acceptors (Lipinski definition) is 0. The van der Waals surface area contributed by atoms with Crippen LogP contribution in [-0.2, 0) is 6.42 Å². The molecule has 0 unspecified atom stereocenters. The SMILES string of the molecule is CC(=CCCl)Cc1ccccc1. The van der Waals surface area contributed by atoms with E-state index in [1.54, 1.807) is 0 Å². The Morgan fingerprint density at radius 2 is 2.00 bits per heavy atom. The molecule has 0 saturated carbocycles. The van der Waals surface area contributed by atoms with Crippen LogP contribution in [0.3, 0.4) is 0 Å². The third-order valence-corrected chi connectivity index (χ3v) is 1.91. The van der Waals surface area contributed by atoms with Gasteiger partial charge in [-0.05, 0) is 18.9 Å². The van der Waals surface area contributed by atoms with Crippen LogP contribution in [0.5, 0.6) is 0 Å². The molecule has 0 saturated heterocycles. The Morgan fingerprint density at radius 1 is 1.33 bits per heavy atom. The Labute approximate surface area is 78.9 Å². The third-order valence-electron chi connectivity index (χ3n) is 1.75. The van der Waals surface area contributed by atoms with E-state index in [0.29, 0.717) is 5.88 Å². The average molecular weight is 181 g/mol. The van der Waals surface area contributed by atoms with Gasteiger partial charge in [-0.25, -0.2) is 0 Å². The van der Waals surface area contributed by atoms with E-state index in [4.69, 9.17) is 11.6 Å². The molecule has 1 rings (SSSR count). The van der Waals surface area contributed by atoms with Crippen LogP contribution >= 0.6 is 11.6 Å². The summed E-state index contributed by atoms with van der Waals surface area (Å²) in [4.78, 5) is 0. The second kappa shape index (κ2) is 5.00. The van der Waals surface area contributed by atoms with Crippen molar-refractivity contribution in [1.82, 2.24) is 0 Å². The van der Waals surface area contributed by atoms with Crippen LogP contribution in [0.1, 0.15) is 12.5 Å². The molecule has 0 fully saturated rings. The quantitative estimate of drug-likeness (QED) is 0.494. The Hall–Kier alpha value is -0.750. The van der Waals surface area contributed by atoms with Crippen molar-refractivity contribution in [3.05, 3.63) is 47.5 Å². The Bertz CT molecular complexity index is 249. The predicted molar refractivity (Wildman–Crippen MR) is 54.6 cm³/mol. The number of allylic oxidation sites excluding steroid dienone is 2.